The van der Waals surface area contributed by atoms with Crippen LogP contribution >= 0.6 is 46.4 Å². The standard InChI is InChI=1S/C19H11Cl4N3O2/c20-10-4-11(21)7-14(6-10)24-18(27)16-2-1-3-17(26-16)19(28)25-15-8-12(22)5-13(23)9-15/h1-9H,(H,24,27)(H,25,28). The molecule has 3 rings (SSSR count). The Kier molecular flexibility index (Phi) is 6.42. The Bertz CT molecular complexity index is 952. The highest BCUT2D eigenvalue weighted by atomic mass is 35.5. The average molecular weight is 455 g/mol. The van der Waals surface area contributed by atoms with Gasteiger partial charge in [0.25, 0.3) is 11.8 Å². The molecular formula is C19H11Cl4N3O2. The molecule has 1 aromatic heterocycles. The van der Waals surface area contributed by atoms with Crippen molar-refractivity contribution in [1.29, 1.82) is 0 Å². The molecule has 0 atom stereocenters. The summed E-state index contributed by atoms with van der Waals surface area (Å²) >= 11 is 23.7. The Morgan fingerprint density at radius 1 is 0.643 bits per heavy atom. The van der Waals surface area contributed by atoms with Gasteiger partial charge in [0.05, 0.1) is 0 Å². The van der Waals surface area contributed by atoms with Crippen molar-refractivity contribution in [2.75, 3.05) is 10.6 Å². The molecule has 0 unspecified atom stereocenters. The summed E-state index contributed by atoms with van der Waals surface area (Å²) in [5.41, 5.74) is 0.918. The Balaban J connectivity index is 1.77. The van der Waals surface area contributed by atoms with E-state index in [0.29, 0.717) is 31.5 Å². The lowest BCUT2D eigenvalue weighted by Crippen LogP contribution is -2.18. The minimum Gasteiger partial charge on any atom is -0.321 e. The fraction of sp³-hybridized carbons (Fsp3) is 0. The lowest BCUT2D eigenvalue weighted by atomic mass is 10.2. The van der Waals surface area contributed by atoms with Crippen LogP contribution in [0.4, 0.5) is 11.4 Å². The van der Waals surface area contributed by atoms with E-state index in [9.17, 15) is 9.59 Å². The number of benzene rings is 2. The summed E-state index contributed by atoms with van der Waals surface area (Å²) in [6.07, 6.45) is 0. The molecule has 2 N–H and O–H groups in total. The van der Waals surface area contributed by atoms with Gasteiger partial charge in [0.2, 0.25) is 0 Å². The second-order valence-corrected chi connectivity index (χ2v) is 7.38. The SMILES string of the molecule is O=C(Nc1cc(Cl)cc(Cl)c1)c1cccc(C(=O)Nc2cc(Cl)cc(Cl)c2)n1. The second kappa shape index (κ2) is 8.80. The second-order valence-electron chi connectivity index (χ2n) is 5.63. The van der Waals surface area contributed by atoms with E-state index in [1.165, 1.54) is 12.1 Å². The molecule has 0 radical (unpaired) electrons. The number of carbonyl (C=O) groups excluding carboxylic acids is 2. The van der Waals surface area contributed by atoms with Crippen LogP contribution in [0, 0.1) is 0 Å². The maximum atomic E-state index is 12.4. The number of hydrogen-bond acceptors (Lipinski definition) is 3. The number of carbonyl (C=O) groups is 2. The fourth-order valence-corrected chi connectivity index (χ4v) is 3.38. The van der Waals surface area contributed by atoms with E-state index in [1.807, 2.05) is 0 Å². The summed E-state index contributed by atoms with van der Waals surface area (Å²) < 4.78 is 0. The highest BCUT2D eigenvalue weighted by molar-refractivity contribution is 6.35. The van der Waals surface area contributed by atoms with Gasteiger partial charge in [0, 0.05) is 31.5 Å². The monoisotopic (exact) mass is 453 g/mol. The maximum Gasteiger partial charge on any atom is 0.274 e. The van der Waals surface area contributed by atoms with E-state index in [0.717, 1.165) is 0 Å². The number of pyridine rings is 1. The molecule has 9 heteroatoms. The lowest BCUT2D eigenvalue weighted by molar-refractivity contribution is 0.101. The molecule has 3 aromatic rings. The molecule has 0 aliphatic rings. The number of aromatic nitrogens is 1. The van der Waals surface area contributed by atoms with Crippen LogP contribution in [0.15, 0.2) is 54.6 Å². The van der Waals surface area contributed by atoms with Crippen molar-refractivity contribution < 1.29 is 9.59 Å². The molecule has 2 amide bonds. The van der Waals surface area contributed by atoms with Gasteiger partial charge in [0.1, 0.15) is 11.4 Å². The zero-order valence-electron chi connectivity index (χ0n) is 14.0. The maximum absolute atomic E-state index is 12.4. The molecule has 0 aliphatic heterocycles. The Morgan fingerprint density at radius 2 is 1.00 bits per heavy atom. The van der Waals surface area contributed by atoms with Crippen LogP contribution in [0.5, 0.6) is 0 Å². The van der Waals surface area contributed by atoms with Crippen LogP contribution in [-0.4, -0.2) is 16.8 Å². The molecule has 0 saturated heterocycles. The Labute approximate surface area is 180 Å². The summed E-state index contributed by atoms with van der Waals surface area (Å²) in [5.74, 6) is -1.03. The molecule has 0 saturated carbocycles. The van der Waals surface area contributed by atoms with E-state index >= 15 is 0 Å². The van der Waals surface area contributed by atoms with Gasteiger partial charge in [-0.1, -0.05) is 52.5 Å². The predicted molar refractivity (Wildman–Crippen MR) is 113 cm³/mol. The van der Waals surface area contributed by atoms with E-state index < -0.39 is 11.8 Å². The number of amides is 2. The third-order valence-electron chi connectivity index (χ3n) is 3.46. The summed E-state index contributed by atoms with van der Waals surface area (Å²) in [6.45, 7) is 0. The smallest absolute Gasteiger partial charge is 0.274 e. The van der Waals surface area contributed by atoms with Crippen LogP contribution < -0.4 is 10.6 Å². The van der Waals surface area contributed by atoms with Gasteiger partial charge in [-0.15, -0.1) is 0 Å². The first kappa shape index (κ1) is 20.4. The minimum atomic E-state index is -0.515. The summed E-state index contributed by atoms with van der Waals surface area (Å²) in [6, 6.07) is 13.8. The predicted octanol–water partition coefficient (Wildman–Crippen LogP) is 6.20. The number of anilines is 2. The first-order valence-electron chi connectivity index (χ1n) is 7.82. The zero-order chi connectivity index (χ0) is 20.3. The van der Waals surface area contributed by atoms with Crippen LogP contribution in [0.1, 0.15) is 21.0 Å². The number of halogens is 4. The quantitative estimate of drug-likeness (QED) is 0.492. The van der Waals surface area contributed by atoms with Gasteiger partial charge in [0.15, 0.2) is 0 Å². The third kappa shape index (κ3) is 5.36. The highest BCUT2D eigenvalue weighted by Gasteiger charge is 2.14. The van der Waals surface area contributed by atoms with Crippen molar-refractivity contribution in [2.24, 2.45) is 0 Å². The molecule has 0 bridgehead atoms. The fourth-order valence-electron chi connectivity index (χ4n) is 2.33. The summed E-state index contributed by atoms with van der Waals surface area (Å²) in [7, 11) is 0. The first-order valence-corrected chi connectivity index (χ1v) is 9.33. The van der Waals surface area contributed by atoms with Crippen molar-refractivity contribution in [3.05, 3.63) is 86.1 Å². The van der Waals surface area contributed by atoms with Crippen molar-refractivity contribution in [3.8, 4) is 0 Å². The average Bonchev–Trinajstić information content (AvgIpc) is 2.60. The molecule has 5 nitrogen and oxygen atoms in total. The molecule has 1 heterocycles. The van der Waals surface area contributed by atoms with E-state index in [2.05, 4.69) is 15.6 Å². The van der Waals surface area contributed by atoms with E-state index in [-0.39, 0.29) is 11.4 Å². The first-order chi connectivity index (χ1) is 13.3. The molecule has 0 spiro atoms. The van der Waals surface area contributed by atoms with Gasteiger partial charge in [-0.3, -0.25) is 9.59 Å². The van der Waals surface area contributed by atoms with Gasteiger partial charge in [-0.05, 0) is 48.5 Å². The van der Waals surface area contributed by atoms with Crippen molar-refractivity contribution >= 4 is 69.6 Å². The lowest BCUT2D eigenvalue weighted by Gasteiger charge is -2.08. The number of nitrogens with zero attached hydrogens (tertiary/aromatic N) is 1. The molecule has 0 aliphatic carbocycles. The summed E-state index contributed by atoms with van der Waals surface area (Å²) in [5, 5.41) is 6.78. The Morgan fingerprint density at radius 3 is 1.36 bits per heavy atom. The van der Waals surface area contributed by atoms with Gasteiger partial charge in [-0.25, -0.2) is 4.98 Å². The Hall–Kier alpha value is -2.31. The van der Waals surface area contributed by atoms with Gasteiger partial charge in [-0.2, -0.15) is 0 Å². The van der Waals surface area contributed by atoms with Crippen LogP contribution in [0.3, 0.4) is 0 Å². The largest absolute Gasteiger partial charge is 0.321 e. The van der Waals surface area contributed by atoms with Gasteiger partial charge < -0.3 is 10.6 Å². The van der Waals surface area contributed by atoms with Gasteiger partial charge >= 0.3 is 0 Å². The number of nitrogens with one attached hydrogen (secondary N) is 2. The highest BCUT2D eigenvalue weighted by Crippen LogP contribution is 2.24. The normalized spacial score (nSPS) is 10.4. The number of hydrogen-bond donors (Lipinski definition) is 2. The topological polar surface area (TPSA) is 71.1 Å². The van der Waals surface area contributed by atoms with Crippen LogP contribution in [0.25, 0.3) is 0 Å². The van der Waals surface area contributed by atoms with Crippen molar-refractivity contribution in [3.63, 3.8) is 0 Å². The van der Waals surface area contributed by atoms with Crippen molar-refractivity contribution in [1.82, 2.24) is 4.98 Å². The molecule has 2 aromatic carbocycles. The third-order valence-corrected chi connectivity index (χ3v) is 4.33. The van der Waals surface area contributed by atoms with E-state index in [4.69, 9.17) is 46.4 Å². The minimum absolute atomic E-state index is 0.0490. The van der Waals surface area contributed by atoms with E-state index in [1.54, 1.807) is 42.5 Å². The zero-order valence-corrected chi connectivity index (χ0v) is 17.0. The molecular weight excluding hydrogens is 444 g/mol. The molecule has 0 fully saturated rings. The van der Waals surface area contributed by atoms with Crippen LogP contribution in [-0.2, 0) is 0 Å². The summed E-state index contributed by atoms with van der Waals surface area (Å²) in [4.78, 5) is 29.0. The molecule has 28 heavy (non-hydrogen) atoms. The van der Waals surface area contributed by atoms with Crippen LogP contribution in [0.2, 0.25) is 20.1 Å². The number of rotatable bonds is 4. The molecule has 142 valence electrons. The van der Waals surface area contributed by atoms with Crippen molar-refractivity contribution in [2.45, 2.75) is 0 Å².